The number of oxime groups is 1. The van der Waals surface area contributed by atoms with E-state index >= 15 is 0 Å². The zero-order chi connectivity index (χ0) is 15.2. The number of carbonyl (C=O) groups is 2. The highest BCUT2D eigenvalue weighted by Crippen LogP contribution is 2.25. The van der Waals surface area contributed by atoms with Crippen LogP contribution in [0.15, 0.2) is 28.0 Å². The lowest BCUT2D eigenvalue weighted by atomic mass is 10.0. The molecule has 0 saturated carbocycles. The summed E-state index contributed by atoms with van der Waals surface area (Å²) in [5, 5.41) is 19.0. The zero-order valence-corrected chi connectivity index (χ0v) is 11.3. The molecule has 21 heavy (non-hydrogen) atoms. The lowest BCUT2D eigenvalue weighted by molar-refractivity contribution is -0.159. The standard InChI is InChI=1S/C11H14N2O2.C2H2O4/c1-2-10(14-5-1)8-15-12-11-7-13-4-3-9(11)6-13;3-1(4)2(5)6/h1-2,5,9H,3-4,6-8H2;(H,3,4)(H,5,6). The van der Waals surface area contributed by atoms with Crippen LogP contribution in [-0.2, 0) is 21.0 Å². The van der Waals surface area contributed by atoms with Crippen LogP contribution in [0.4, 0.5) is 0 Å². The molecule has 0 radical (unpaired) electrons. The Morgan fingerprint density at radius 3 is 2.67 bits per heavy atom. The molecule has 0 spiro atoms. The Kier molecular flexibility index (Phi) is 4.94. The van der Waals surface area contributed by atoms with E-state index in [9.17, 15) is 0 Å². The predicted molar refractivity (Wildman–Crippen MR) is 70.8 cm³/mol. The first-order valence-corrected chi connectivity index (χ1v) is 6.46. The van der Waals surface area contributed by atoms with Crippen molar-refractivity contribution in [2.24, 2.45) is 11.1 Å². The van der Waals surface area contributed by atoms with Gasteiger partial charge in [0.2, 0.25) is 0 Å². The molecule has 8 heteroatoms. The molecule has 0 aliphatic carbocycles. The number of piperidine rings is 1. The molecule has 2 saturated heterocycles. The smallest absolute Gasteiger partial charge is 0.414 e. The number of nitrogens with zero attached hydrogens (tertiary/aromatic N) is 2. The summed E-state index contributed by atoms with van der Waals surface area (Å²) in [5.74, 6) is -2.19. The van der Waals surface area contributed by atoms with Gasteiger partial charge in [-0.15, -0.1) is 0 Å². The SMILES string of the molecule is O=C(O)C(=O)O.c1coc(CON=C2CN3CCC2C3)c1. The summed E-state index contributed by atoms with van der Waals surface area (Å²) in [6.45, 7) is 3.82. The van der Waals surface area contributed by atoms with Crippen molar-refractivity contribution in [3.63, 3.8) is 0 Å². The van der Waals surface area contributed by atoms with Crippen molar-refractivity contribution in [2.45, 2.75) is 13.0 Å². The maximum atomic E-state index is 9.10. The Bertz CT molecular complexity index is 513. The topological polar surface area (TPSA) is 113 Å². The van der Waals surface area contributed by atoms with E-state index in [4.69, 9.17) is 29.1 Å². The number of furan rings is 1. The minimum Gasteiger partial charge on any atom is -0.473 e. The van der Waals surface area contributed by atoms with Gasteiger partial charge in [-0.05, 0) is 25.1 Å². The summed E-state index contributed by atoms with van der Waals surface area (Å²) in [5.41, 5.74) is 1.20. The van der Waals surface area contributed by atoms with Crippen molar-refractivity contribution in [1.29, 1.82) is 0 Å². The highest BCUT2D eigenvalue weighted by atomic mass is 16.6. The minimum atomic E-state index is -1.82. The van der Waals surface area contributed by atoms with Gasteiger partial charge in [0.1, 0.15) is 5.76 Å². The second-order valence-corrected chi connectivity index (χ2v) is 4.77. The molecule has 114 valence electrons. The van der Waals surface area contributed by atoms with Gasteiger partial charge in [0.25, 0.3) is 0 Å². The van der Waals surface area contributed by atoms with Crippen molar-refractivity contribution in [3.05, 3.63) is 24.2 Å². The first-order chi connectivity index (χ1) is 10.1. The van der Waals surface area contributed by atoms with Crippen molar-refractivity contribution in [1.82, 2.24) is 4.90 Å². The number of fused-ring (bicyclic) bond motifs is 2. The van der Waals surface area contributed by atoms with Gasteiger partial charge in [0, 0.05) is 19.0 Å². The Labute approximate surface area is 120 Å². The zero-order valence-electron chi connectivity index (χ0n) is 11.3. The fraction of sp³-hybridized carbons (Fsp3) is 0.462. The second-order valence-electron chi connectivity index (χ2n) is 4.77. The molecule has 0 aromatic carbocycles. The average Bonchev–Trinajstić information content (AvgIpc) is 3.16. The molecule has 2 atom stereocenters. The summed E-state index contributed by atoms with van der Waals surface area (Å²) < 4.78 is 5.16. The van der Waals surface area contributed by atoms with Gasteiger partial charge in [-0.1, -0.05) is 5.16 Å². The summed E-state index contributed by atoms with van der Waals surface area (Å²) >= 11 is 0. The molecule has 2 unspecified atom stereocenters. The maximum absolute atomic E-state index is 9.10. The number of aliphatic carboxylic acids is 2. The largest absolute Gasteiger partial charge is 0.473 e. The number of hydrogen-bond acceptors (Lipinski definition) is 6. The molecule has 3 heterocycles. The van der Waals surface area contributed by atoms with E-state index in [2.05, 4.69) is 10.1 Å². The molecule has 2 aliphatic rings. The summed E-state index contributed by atoms with van der Waals surface area (Å²) in [7, 11) is 0. The van der Waals surface area contributed by atoms with Crippen LogP contribution >= 0.6 is 0 Å². The summed E-state index contributed by atoms with van der Waals surface area (Å²) in [4.78, 5) is 25.9. The lowest BCUT2D eigenvalue weighted by Crippen LogP contribution is -2.23. The second kappa shape index (κ2) is 6.89. The minimum absolute atomic E-state index is 0.434. The molecular formula is C13H16N2O6. The van der Waals surface area contributed by atoms with Crippen LogP contribution in [0, 0.1) is 5.92 Å². The van der Waals surface area contributed by atoms with Crippen LogP contribution in [0.2, 0.25) is 0 Å². The number of hydrogen-bond donors (Lipinski definition) is 2. The average molecular weight is 296 g/mol. The van der Waals surface area contributed by atoms with E-state index in [1.165, 1.54) is 25.2 Å². The predicted octanol–water partition coefficient (Wildman–Crippen LogP) is 0.643. The van der Waals surface area contributed by atoms with Gasteiger partial charge >= 0.3 is 11.9 Å². The van der Waals surface area contributed by atoms with E-state index in [0.717, 1.165) is 12.3 Å². The highest BCUT2D eigenvalue weighted by molar-refractivity contribution is 6.27. The van der Waals surface area contributed by atoms with Crippen molar-refractivity contribution < 1.29 is 29.1 Å². The summed E-state index contributed by atoms with van der Waals surface area (Å²) in [6.07, 6.45) is 2.89. The first kappa shape index (κ1) is 15.0. The van der Waals surface area contributed by atoms with Gasteiger partial charge in [-0.25, -0.2) is 9.59 Å². The van der Waals surface area contributed by atoms with Gasteiger partial charge in [-0.3, -0.25) is 4.90 Å². The Morgan fingerprint density at radius 2 is 2.19 bits per heavy atom. The third-order valence-electron chi connectivity index (χ3n) is 3.28. The number of rotatable bonds is 3. The van der Waals surface area contributed by atoms with Crippen LogP contribution in [0.3, 0.4) is 0 Å². The molecule has 2 N–H and O–H groups in total. The molecule has 2 bridgehead atoms. The molecule has 2 fully saturated rings. The van der Waals surface area contributed by atoms with Gasteiger partial charge in [0.05, 0.1) is 12.0 Å². The van der Waals surface area contributed by atoms with E-state index < -0.39 is 11.9 Å². The fourth-order valence-corrected chi connectivity index (χ4v) is 2.28. The third-order valence-corrected chi connectivity index (χ3v) is 3.28. The van der Waals surface area contributed by atoms with Crippen LogP contribution in [0.1, 0.15) is 12.2 Å². The quantitative estimate of drug-likeness (QED) is 0.621. The number of carboxylic acids is 2. The Balaban J connectivity index is 0.000000232. The fourth-order valence-electron chi connectivity index (χ4n) is 2.28. The van der Waals surface area contributed by atoms with E-state index in [1.807, 2.05) is 12.1 Å². The Morgan fingerprint density at radius 1 is 1.43 bits per heavy atom. The number of carboxylic acid groups (broad SMARTS) is 2. The lowest BCUT2D eigenvalue weighted by Gasteiger charge is -2.12. The van der Waals surface area contributed by atoms with Crippen LogP contribution in [0.5, 0.6) is 0 Å². The van der Waals surface area contributed by atoms with Crippen molar-refractivity contribution in [2.75, 3.05) is 19.6 Å². The monoisotopic (exact) mass is 296 g/mol. The molecule has 1 aromatic rings. The first-order valence-electron chi connectivity index (χ1n) is 6.46. The van der Waals surface area contributed by atoms with Gasteiger partial charge in [0.15, 0.2) is 6.61 Å². The van der Waals surface area contributed by atoms with Gasteiger partial charge < -0.3 is 19.5 Å². The van der Waals surface area contributed by atoms with Crippen LogP contribution in [-0.4, -0.2) is 52.4 Å². The normalized spacial score (nSPS) is 24.5. The molecule has 3 rings (SSSR count). The van der Waals surface area contributed by atoms with Crippen molar-refractivity contribution in [3.8, 4) is 0 Å². The van der Waals surface area contributed by atoms with E-state index in [0.29, 0.717) is 12.5 Å². The van der Waals surface area contributed by atoms with Crippen LogP contribution in [0.25, 0.3) is 0 Å². The highest BCUT2D eigenvalue weighted by Gasteiger charge is 2.35. The van der Waals surface area contributed by atoms with Crippen molar-refractivity contribution >= 4 is 17.7 Å². The Hall–Kier alpha value is -2.35. The molecule has 1 aromatic heterocycles. The van der Waals surface area contributed by atoms with Crippen LogP contribution < -0.4 is 0 Å². The molecule has 8 nitrogen and oxygen atoms in total. The molecule has 0 amide bonds. The van der Waals surface area contributed by atoms with Gasteiger partial charge in [-0.2, -0.15) is 0 Å². The third kappa shape index (κ3) is 4.32. The van der Waals surface area contributed by atoms with E-state index in [-0.39, 0.29) is 0 Å². The maximum Gasteiger partial charge on any atom is 0.414 e. The molecule has 2 aliphatic heterocycles. The van der Waals surface area contributed by atoms with E-state index in [1.54, 1.807) is 6.26 Å². The molecular weight excluding hydrogens is 280 g/mol. The summed E-state index contributed by atoms with van der Waals surface area (Å²) in [6, 6.07) is 3.75.